The first-order valence-corrected chi connectivity index (χ1v) is 7.96. The Morgan fingerprint density at radius 1 is 1.19 bits per heavy atom. The number of amides is 2. The Balaban J connectivity index is 1.97. The van der Waals surface area contributed by atoms with Crippen LogP contribution in [0.25, 0.3) is 0 Å². The van der Waals surface area contributed by atoms with Crippen LogP contribution in [0.1, 0.15) is 39.0 Å². The SMILES string of the molecule is CCC1CCC(NC(=O)N2CCN(C)CC2)(C(=O)O)CC1. The number of carboxylic acids is 1. The molecule has 1 aliphatic heterocycles. The Labute approximate surface area is 126 Å². The number of piperazine rings is 1. The maximum Gasteiger partial charge on any atom is 0.329 e. The van der Waals surface area contributed by atoms with Crippen LogP contribution in [0.4, 0.5) is 4.79 Å². The molecule has 0 bridgehead atoms. The molecule has 1 saturated carbocycles. The van der Waals surface area contributed by atoms with Crippen molar-refractivity contribution in [1.29, 1.82) is 0 Å². The molecule has 21 heavy (non-hydrogen) atoms. The van der Waals surface area contributed by atoms with E-state index in [2.05, 4.69) is 17.1 Å². The molecule has 0 aromatic heterocycles. The molecular formula is C15H27N3O3. The van der Waals surface area contributed by atoms with Crippen LogP contribution in [0.2, 0.25) is 0 Å². The molecule has 2 amide bonds. The number of nitrogens with one attached hydrogen (secondary N) is 1. The summed E-state index contributed by atoms with van der Waals surface area (Å²) in [6.45, 7) is 5.14. The molecule has 0 aromatic carbocycles. The molecule has 2 fully saturated rings. The molecule has 0 atom stereocenters. The van der Waals surface area contributed by atoms with Crippen LogP contribution in [0.15, 0.2) is 0 Å². The van der Waals surface area contributed by atoms with Crippen LogP contribution in [-0.2, 0) is 4.79 Å². The van der Waals surface area contributed by atoms with E-state index in [1.807, 2.05) is 7.05 Å². The third kappa shape index (κ3) is 3.67. The number of hydrogen-bond acceptors (Lipinski definition) is 3. The summed E-state index contributed by atoms with van der Waals surface area (Å²) in [6.07, 6.45) is 3.93. The van der Waals surface area contributed by atoms with Gasteiger partial charge >= 0.3 is 12.0 Å². The van der Waals surface area contributed by atoms with E-state index in [4.69, 9.17) is 0 Å². The maximum absolute atomic E-state index is 12.4. The highest BCUT2D eigenvalue weighted by Gasteiger charge is 2.43. The van der Waals surface area contributed by atoms with Crippen molar-refractivity contribution in [2.75, 3.05) is 33.2 Å². The van der Waals surface area contributed by atoms with E-state index < -0.39 is 11.5 Å². The normalized spacial score (nSPS) is 31.0. The summed E-state index contributed by atoms with van der Waals surface area (Å²) >= 11 is 0. The second kappa shape index (κ2) is 6.64. The van der Waals surface area contributed by atoms with E-state index in [1.54, 1.807) is 4.90 Å². The smallest absolute Gasteiger partial charge is 0.329 e. The number of carboxylic acid groups (broad SMARTS) is 1. The van der Waals surface area contributed by atoms with Gasteiger partial charge in [0.2, 0.25) is 0 Å². The number of rotatable bonds is 3. The van der Waals surface area contributed by atoms with Gasteiger partial charge in [-0.15, -0.1) is 0 Å². The van der Waals surface area contributed by atoms with Crippen molar-refractivity contribution < 1.29 is 14.7 Å². The third-order valence-corrected chi connectivity index (χ3v) is 5.08. The Kier molecular flexibility index (Phi) is 5.08. The molecule has 120 valence electrons. The molecule has 6 nitrogen and oxygen atoms in total. The molecule has 6 heteroatoms. The second-order valence-corrected chi connectivity index (χ2v) is 6.46. The minimum Gasteiger partial charge on any atom is -0.480 e. The first-order valence-electron chi connectivity index (χ1n) is 7.96. The van der Waals surface area contributed by atoms with Gasteiger partial charge in [-0.3, -0.25) is 0 Å². The van der Waals surface area contributed by atoms with Crippen molar-refractivity contribution >= 4 is 12.0 Å². The molecule has 2 aliphatic rings. The lowest BCUT2D eigenvalue weighted by molar-refractivity contribution is -0.146. The number of carbonyl (C=O) groups excluding carboxylic acids is 1. The van der Waals surface area contributed by atoms with Gasteiger partial charge in [-0.05, 0) is 38.6 Å². The fourth-order valence-electron chi connectivity index (χ4n) is 3.26. The minimum absolute atomic E-state index is 0.222. The highest BCUT2D eigenvalue weighted by Crippen LogP contribution is 2.34. The van der Waals surface area contributed by atoms with Crippen LogP contribution in [0, 0.1) is 5.92 Å². The zero-order valence-corrected chi connectivity index (χ0v) is 13.1. The molecule has 0 aromatic rings. The van der Waals surface area contributed by atoms with Crippen molar-refractivity contribution in [2.24, 2.45) is 5.92 Å². The van der Waals surface area contributed by atoms with Gasteiger partial charge < -0.3 is 20.2 Å². The van der Waals surface area contributed by atoms with Crippen LogP contribution in [0.5, 0.6) is 0 Å². The average molecular weight is 297 g/mol. The first-order chi connectivity index (χ1) is 9.97. The fraction of sp³-hybridized carbons (Fsp3) is 0.867. The van der Waals surface area contributed by atoms with Crippen molar-refractivity contribution in [3.05, 3.63) is 0 Å². The largest absolute Gasteiger partial charge is 0.480 e. The van der Waals surface area contributed by atoms with Crippen molar-refractivity contribution in [3.63, 3.8) is 0 Å². The maximum atomic E-state index is 12.4. The van der Waals surface area contributed by atoms with Crippen molar-refractivity contribution in [2.45, 2.75) is 44.6 Å². The Morgan fingerprint density at radius 2 is 1.76 bits per heavy atom. The van der Waals surface area contributed by atoms with E-state index in [-0.39, 0.29) is 6.03 Å². The summed E-state index contributed by atoms with van der Waals surface area (Å²) in [5, 5.41) is 12.4. The summed E-state index contributed by atoms with van der Waals surface area (Å²) in [5.74, 6) is -0.294. The van der Waals surface area contributed by atoms with E-state index in [1.165, 1.54) is 0 Å². The Bertz CT molecular complexity index is 384. The first kappa shape index (κ1) is 16.1. The number of aliphatic carboxylic acids is 1. The van der Waals surface area contributed by atoms with Gasteiger partial charge in [-0.25, -0.2) is 9.59 Å². The van der Waals surface area contributed by atoms with E-state index >= 15 is 0 Å². The number of hydrogen-bond donors (Lipinski definition) is 2. The van der Waals surface area contributed by atoms with Crippen molar-refractivity contribution in [3.8, 4) is 0 Å². The van der Waals surface area contributed by atoms with Crippen LogP contribution in [0.3, 0.4) is 0 Å². The predicted molar refractivity (Wildman–Crippen MR) is 80.2 cm³/mol. The molecular weight excluding hydrogens is 270 g/mol. The van der Waals surface area contributed by atoms with E-state index in [0.29, 0.717) is 31.8 Å². The average Bonchev–Trinajstić information content (AvgIpc) is 2.48. The van der Waals surface area contributed by atoms with Gasteiger partial charge in [0.15, 0.2) is 0 Å². The van der Waals surface area contributed by atoms with E-state index in [0.717, 1.165) is 32.4 Å². The Hall–Kier alpha value is -1.30. The summed E-state index contributed by atoms with van der Waals surface area (Å²) in [6, 6.07) is -0.222. The summed E-state index contributed by atoms with van der Waals surface area (Å²) < 4.78 is 0. The minimum atomic E-state index is -1.06. The van der Waals surface area contributed by atoms with Gasteiger partial charge in [0.25, 0.3) is 0 Å². The summed E-state index contributed by atoms with van der Waals surface area (Å²) in [4.78, 5) is 28.0. The van der Waals surface area contributed by atoms with Crippen LogP contribution >= 0.6 is 0 Å². The predicted octanol–water partition coefficient (Wildman–Crippen LogP) is 1.37. The van der Waals surface area contributed by atoms with Gasteiger partial charge in [-0.2, -0.15) is 0 Å². The van der Waals surface area contributed by atoms with Crippen LogP contribution < -0.4 is 5.32 Å². The topological polar surface area (TPSA) is 72.9 Å². The van der Waals surface area contributed by atoms with Crippen molar-refractivity contribution in [1.82, 2.24) is 15.1 Å². The van der Waals surface area contributed by atoms with Gasteiger partial charge in [0.1, 0.15) is 5.54 Å². The highest BCUT2D eigenvalue weighted by atomic mass is 16.4. The molecule has 1 aliphatic carbocycles. The van der Waals surface area contributed by atoms with Crippen LogP contribution in [-0.4, -0.2) is 65.7 Å². The monoisotopic (exact) mass is 297 g/mol. The number of carbonyl (C=O) groups is 2. The standard InChI is InChI=1S/C15H27N3O3/c1-3-12-4-6-15(7-5-12,13(19)20)16-14(21)18-10-8-17(2)9-11-18/h12H,3-11H2,1-2H3,(H,16,21)(H,19,20). The Morgan fingerprint density at radius 3 is 2.24 bits per heavy atom. The molecule has 2 N–H and O–H groups in total. The lowest BCUT2D eigenvalue weighted by Crippen LogP contribution is -2.61. The highest BCUT2D eigenvalue weighted by molar-refractivity contribution is 5.86. The van der Waals surface area contributed by atoms with E-state index in [9.17, 15) is 14.7 Å². The molecule has 1 saturated heterocycles. The van der Waals surface area contributed by atoms with Gasteiger partial charge in [-0.1, -0.05) is 13.3 Å². The zero-order valence-electron chi connectivity index (χ0n) is 13.1. The fourth-order valence-corrected chi connectivity index (χ4v) is 3.26. The number of nitrogens with zero attached hydrogens (tertiary/aromatic N) is 2. The number of urea groups is 1. The lowest BCUT2D eigenvalue weighted by atomic mass is 9.75. The summed E-state index contributed by atoms with van der Waals surface area (Å²) in [7, 11) is 2.03. The second-order valence-electron chi connectivity index (χ2n) is 6.46. The lowest BCUT2D eigenvalue weighted by Gasteiger charge is -2.40. The molecule has 0 radical (unpaired) electrons. The van der Waals surface area contributed by atoms with Gasteiger partial charge in [0.05, 0.1) is 0 Å². The zero-order chi connectivity index (χ0) is 15.5. The number of likely N-dealkylation sites (N-methyl/N-ethyl adjacent to an activating group) is 1. The summed E-state index contributed by atoms with van der Waals surface area (Å²) in [5.41, 5.74) is -1.06. The molecule has 0 unspecified atom stereocenters. The third-order valence-electron chi connectivity index (χ3n) is 5.08. The molecule has 1 heterocycles. The molecule has 0 spiro atoms. The quantitative estimate of drug-likeness (QED) is 0.825. The van der Waals surface area contributed by atoms with Gasteiger partial charge in [0, 0.05) is 26.2 Å². The molecule has 2 rings (SSSR count).